The van der Waals surface area contributed by atoms with Crippen LogP contribution in [0.15, 0.2) is 54.7 Å². The summed E-state index contributed by atoms with van der Waals surface area (Å²) in [5.74, 6) is 0.570. The molecule has 1 aliphatic carbocycles. The van der Waals surface area contributed by atoms with Gasteiger partial charge in [0.2, 0.25) is 5.95 Å². The van der Waals surface area contributed by atoms with Crippen molar-refractivity contribution in [2.75, 3.05) is 12.4 Å². The first-order chi connectivity index (χ1) is 17.7. The van der Waals surface area contributed by atoms with Gasteiger partial charge in [-0.05, 0) is 43.2 Å². The molecule has 1 N–H and O–H groups in total. The molecule has 5 rings (SSSR count). The summed E-state index contributed by atoms with van der Waals surface area (Å²) in [6.45, 7) is 0.948. The average Bonchev–Trinajstić information content (AvgIpc) is 3.38. The smallest absolute Gasteiger partial charge is 0.224 e. The highest BCUT2D eigenvalue weighted by atomic mass is 16.5. The number of hydrogen-bond acceptors (Lipinski definition) is 8. The Bertz CT molecular complexity index is 1370. The molecule has 4 aromatic rings. The predicted molar refractivity (Wildman–Crippen MR) is 136 cm³/mol. The van der Waals surface area contributed by atoms with Gasteiger partial charge < -0.3 is 10.1 Å². The molecule has 0 aliphatic heterocycles. The van der Waals surface area contributed by atoms with Gasteiger partial charge in [-0.15, -0.1) is 5.10 Å². The van der Waals surface area contributed by atoms with Crippen LogP contribution < -0.4 is 5.32 Å². The Morgan fingerprint density at radius 3 is 2.61 bits per heavy atom. The average molecular weight is 481 g/mol. The highest BCUT2D eigenvalue weighted by molar-refractivity contribution is 5.68. The second-order valence-electron chi connectivity index (χ2n) is 8.99. The number of ether oxygens (including phenoxy) is 1. The number of nitrogens with zero attached hydrogens (tertiary/aromatic N) is 7. The van der Waals surface area contributed by atoms with Crippen molar-refractivity contribution in [3.8, 4) is 28.7 Å². The van der Waals surface area contributed by atoms with Crippen LogP contribution in [0.4, 0.5) is 5.95 Å². The Balaban J connectivity index is 1.45. The van der Waals surface area contributed by atoms with Gasteiger partial charge in [0.1, 0.15) is 5.69 Å². The lowest BCUT2D eigenvalue weighted by molar-refractivity contribution is 0.181. The minimum atomic E-state index is 0.355. The van der Waals surface area contributed by atoms with Gasteiger partial charge in [0.25, 0.3) is 0 Å². The molecule has 0 atom stereocenters. The first kappa shape index (κ1) is 23.6. The van der Waals surface area contributed by atoms with E-state index < -0.39 is 0 Å². The molecule has 3 aromatic heterocycles. The molecule has 0 unspecified atom stereocenters. The number of rotatable bonds is 8. The maximum atomic E-state index is 9.36. The molecule has 3 heterocycles. The van der Waals surface area contributed by atoms with Gasteiger partial charge in [-0.3, -0.25) is 4.98 Å². The van der Waals surface area contributed by atoms with Crippen molar-refractivity contribution < 1.29 is 4.74 Å². The Hall–Kier alpha value is -4.16. The fraction of sp³-hybridized carbons (Fsp3) is 0.333. The van der Waals surface area contributed by atoms with Crippen molar-refractivity contribution in [3.05, 3.63) is 71.7 Å². The van der Waals surface area contributed by atoms with Crippen LogP contribution in [-0.4, -0.2) is 43.1 Å². The summed E-state index contributed by atoms with van der Waals surface area (Å²) in [4.78, 5) is 14.2. The van der Waals surface area contributed by atoms with E-state index in [0.717, 1.165) is 35.5 Å². The zero-order valence-electron chi connectivity index (χ0n) is 20.3. The van der Waals surface area contributed by atoms with E-state index in [0.29, 0.717) is 42.1 Å². The molecule has 0 saturated heterocycles. The first-order valence-electron chi connectivity index (χ1n) is 12.2. The van der Waals surface area contributed by atoms with Crippen LogP contribution in [-0.2, 0) is 17.9 Å². The summed E-state index contributed by atoms with van der Waals surface area (Å²) in [6.07, 6.45) is 7.78. The van der Waals surface area contributed by atoms with Gasteiger partial charge in [-0.25, -0.2) is 14.6 Å². The molecular weight excluding hydrogens is 452 g/mol. The summed E-state index contributed by atoms with van der Waals surface area (Å²) in [5.41, 5.74) is 5.24. The fourth-order valence-electron chi connectivity index (χ4n) is 4.47. The number of hydrogen-bond donors (Lipinski definition) is 1. The van der Waals surface area contributed by atoms with Gasteiger partial charge in [-0.1, -0.05) is 42.7 Å². The van der Waals surface area contributed by atoms with Gasteiger partial charge in [0, 0.05) is 18.7 Å². The van der Waals surface area contributed by atoms with Crippen LogP contribution in [0.25, 0.3) is 22.6 Å². The molecule has 36 heavy (non-hydrogen) atoms. The SMILES string of the molecule is COCc1cccc(Cn2cc(-c3cc(-c4cccc(C#N)c4)nc(NC4CCCCC4)n3)nn2)n1. The number of nitriles is 1. The molecule has 0 bridgehead atoms. The Kier molecular flexibility index (Phi) is 7.24. The number of nitrogens with one attached hydrogen (secondary N) is 1. The van der Waals surface area contributed by atoms with Gasteiger partial charge >= 0.3 is 0 Å². The monoisotopic (exact) mass is 480 g/mol. The van der Waals surface area contributed by atoms with Crippen molar-refractivity contribution in [2.45, 2.75) is 51.3 Å². The van der Waals surface area contributed by atoms with E-state index in [1.165, 1.54) is 19.3 Å². The van der Waals surface area contributed by atoms with Crippen LogP contribution in [0, 0.1) is 11.3 Å². The number of aromatic nitrogens is 6. The molecular formula is C27H28N8O. The summed E-state index contributed by atoms with van der Waals surface area (Å²) < 4.78 is 6.94. The van der Waals surface area contributed by atoms with Crippen LogP contribution in [0.2, 0.25) is 0 Å². The Morgan fingerprint density at radius 1 is 0.972 bits per heavy atom. The molecule has 1 fully saturated rings. The zero-order valence-corrected chi connectivity index (χ0v) is 20.3. The van der Waals surface area contributed by atoms with Crippen LogP contribution >= 0.6 is 0 Å². The molecule has 0 spiro atoms. The number of methoxy groups -OCH3 is 1. The third-order valence-corrected chi connectivity index (χ3v) is 6.23. The highest BCUT2D eigenvalue weighted by Crippen LogP contribution is 2.27. The van der Waals surface area contributed by atoms with Crippen molar-refractivity contribution in [2.24, 2.45) is 0 Å². The lowest BCUT2D eigenvalue weighted by Gasteiger charge is -2.23. The van der Waals surface area contributed by atoms with Crippen LogP contribution in [0.3, 0.4) is 0 Å². The lowest BCUT2D eigenvalue weighted by atomic mass is 9.96. The largest absolute Gasteiger partial charge is 0.378 e. The maximum Gasteiger partial charge on any atom is 0.224 e. The van der Waals surface area contributed by atoms with Gasteiger partial charge in [-0.2, -0.15) is 5.26 Å². The predicted octanol–water partition coefficient (Wildman–Crippen LogP) is 4.61. The highest BCUT2D eigenvalue weighted by Gasteiger charge is 2.17. The minimum Gasteiger partial charge on any atom is -0.378 e. The molecule has 1 aromatic carbocycles. The molecule has 0 amide bonds. The van der Waals surface area contributed by atoms with E-state index in [9.17, 15) is 5.26 Å². The summed E-state index contributed by atoms with van der Waals surface area (Å²) >= 11 is 0. The molecule has 9 heteroatoms. The Morgan fingerprint density at radius 2 is 1.78 bits per heavy atom. The summed E-state index contributed by atoms with van der Waals surface area (Å²) in [5, 5.41) is 21.6. The third-order valence-electron chi connectivity index (χ3n) is 6.23. The van der Waals surface area contributed by atoms with E-state index in [-0.39, 0.29) is 0 Å². The minimum absolute atomic E-state index is 0.355. The van der Waals surface area contributed by atoms with E-state index in [2.05, 4.69) is 26.7 Å². The number of benzene rings is 1. The first-order valence-corrected chi connectivity index (χ1v) is 12.2. The topological polar surface area (TPSA) is 114 Å². The van der Waals surface area contributed by atoms with Crippen molar-refractivity contribution >= 4 is 5.95 Å². The molecule has 9 nitrogen and oxygen atoms in total. The second kappa shape index (κ2) is 11.1. The third kappa shape index (κ3) is 5.73. The Labute approximate surface area is 210 Å². The molecule has 0 radical (unpaired) electrons. The zero-order chi connectivity index (χ0) is 24.7. The van der Waals surface area contributed by atoms with Gasteiger partial charge in [0.05, 0.1) is 53.8 Å². The lowest BCUT2D eigenvalue weighted by Crippen LogP contribution is -2.23. The number of pyridine rings is 1. The van der Waals surface area contributed by atoms with Crippen molar-refractivity contribution in [1.82, 2.24) is 29.9 Å². The molecule has 1 saturated carbocycles. The normalized spacial score (nSPS) is 13.9. The number of anilines is 1. The van der Waals surface area contributed by atoms with Gasteiger partial charge in [0.15, 0.2) is 0 Å². The fourth-order valence-corrected chi connectivity index (χ4v) is 4.47. The second-order valence-corrected chi connectivity index (χ2v) is 8.99. The van der Waals surface area contributed by atoms with Crippen LogP contribution in [0.5, 0.6) is 0 Å². The molecule has 182 valence electrons. The van der Waals surface area contributed by atoms with Crippen molar-refractivity contribution in [1.29, 1.82) is 5.26 Å². The quantitative estimate of drug-likeness (QED) is 0.389. The van der Waals surface area contributed by atoms with E-state index >= 15 is 0 Å². The van der Waals surface area contributed by atoms with E-state index in [1.54, 1.807) is 17.9 Å². The van der Waals surface area contributed by atoms with E-state index in [4.69, 9.17) is 14.7 Å². The summed E-state index contributed by atoms with van der Waals surface area (Å²) in [7, 11) is 1.65. The van der Waals surface area contributed by atoms with E-state index in [1.807, 2.05) is 48.7 Å². The standard InChI is InChI=1S/C27H28N8O/c1-36-18-23-12-6-11-22(29-23)16-35-17-26(33-34-35)25-14-24(20-8-5-7-19(13-20)15-28)31-27(32-25)30-21-9-3-2-4-10-21/h5-8,11-14,17,21H,2-4,9-10,16,18H2,1H3,(H,30,31,32). The van der Waals surface area contributed by atoms with Crippen LogP contribution in [0.1, 0.15) is 49.1 Å². The van der Waals surface area contributed by atoms with Crippen molar-refractivity contribution in [3.63, 3.8) is 0 Å². The maximum absolute atomic E-state index is 9.36. The summed E-state index contributed by atoms with van der Waals surface area (Å²) in [6, 6.07) is 17.8. The molecule has 1 aliphatic rings.